The van der Waals surface area contributed by atoms with E-state index in [9.17, 15) is 0 Å². The minimum Gasteiger partial charge on any atom is -0.381 e. The Morgan fingerprint density at radius 3 is 2.45 bits per heavy atom. The van der Waals surface area contributed by atoms with E-state index in [4.69, 9.17) is 14.7 Å². The second kappa shape index (κ2) is 10.3. The molecule has 0 N–H and O–H groups in total. The number of ether oxygens (including phenoxy) is 1. The highest BCUT2D eigenvalue weighted by Crippen LogP contribution is 2.41. The van der Waals surface area contributed by atoms with Crippen LogP contribution in [0.3, 0.4) is 0 Å². The first-order valence-electron chi connectivity index (χ1n) is 14.3. The van der Waals surface area contributed by atoms with Gasteiger partial charge in [-0.25, -0.2) is 9.67 Å². The quantitative estimate of drug-likeness (QED) is 0.328. The smallest absolute Gasteiger partial charge is 0.145 e. The van der Waals surface area contributed by atoms with Gasteiger partial charge in [-0.05, 0) is 56.5 Å². The minimum absolute atomic E-state index is 0.114. The van der Waals surface area contributed by atoms with Crippen LogP contribution >= 0.6 is 0 Å². The maximum Gasteiger partial charge on any atom is 0.145 e. The number of hydrogen-bond donors (Lipinski definition) is 0. The number of fused-ring (bicyclic) bond motifs is 3. The second-order valence-corrected chi connectivity index (χ2v) is 11.2. The van der Waals surface area contributed by atoms with Gasteiger partial charge in [0, 0.05) is 63.6 Å². The Kier molecular flexibility index (Phi) is 6.48. The zero-order valence-corrected chi connectivity index (χ0v) is 23.5. The van der Waals surface area contributed by atoms with E-state index in [0.717, 1.165) is 97.1 Å². The zero-order valence-electron chi connectivity index (χ0n) is 23.5. The number of aromatic nitrogens is 6. The molecular formula is C31H36N8O. The molecule has 2 saturated heterocycles. The minimum atomic E-state index is 0.114. The molecule has 0 bridgehead atoms. The molecule has 0 radical (unpaired) electrons. The molecule has 0 spiro atoms. The Morgan fingerprint density at radius 1 is 0.950 bits per heavy atom. The summed E-state index contributed by atoms with van der Waals surface area (Å²) in [6, 6.07) is 17.7. The van der Waals surface area contributed by atoms with Crippen molar-refractivity contribution in [1.82, 2.24) is 34.4 Å². The van der Waals surface area contributed by atoms with Crippen LogP contribution in [0.5, 0.6) is 0 Å². The third-order valence-electron chi connectivity index (χ3n) is 8.70. The molecule has 206 valence electrons. The summed E-state index contributed by atoms with van der Waals surface area (Å²) in [5.41, 5.74) is 7.26. The highest BCUT2D eigenvalue weighted by Gasteiger charge is 2.31. The van der Waals surface area contributed by atoms with Gasteiger partial charge in [0.25, 0.3) is 0 Å². The Morgan fingerprint density at radius 2 is 1.73 bits per heavy atom. The largest absolute Gasteiger partial charge is 0.381 e. The number of benzene rings is 1. The molecule has 4 aromatic heterocycles. The molecule has 9 heteroatoms. The highest BCUT2D eigenvalue weighted by atomic mass is 16.5. The van der Waals surface area contributed by atoms with Crippen molar-refractivity contribution < 1.29 is 4.74 Å². The molecule has 9 nitrogen and oxygen atoms in total. The summed E-state index contributed by atoms with van der Waals surface area (Å²) in [6.45, 7) is 7.61. The fourth-order valence-electron chi connectivity index (χ4n) is 6.56. The molecule has 0 aliphatic carbocycles. The van der Waals surface area contributed by atoms with Gasteiger partial charge in [0.2, 0.25) is 0 Å². The van der Waals surface area contributed by atoms with Crippen LogP contribution in [-0.4, -0.2) is 80.9 Å². The van der Waals surface area contributed by atoms with E-state index in [1.54, 1.807) is 0 Å². The van der Waals surface area contributed by atoms with E-state index in [-0.39, 0.29) is 6.04 Å². The van der Waals surface area contributed by atoms with Gasteiger partial charge in [-0.2, -0.15) is 0 Å². The Hall–Kier alpha value is -3.82. The number of hydrogen-bond acceptors (Lipinski definition) is 7. The summed E-state index contributed by atoms with van der Waals surface area (Å²) in [7, 11) is 4.13. The first-order chi connectivity index (χ1) is 19.6. The summed E-state index contributed by atoms with van der Waals surface area (Å²) in [6.07, 6.45) is 3.98. The average Bonchev–Trinajstić information content (AvgIpc) is 3.50. The molecule has 40 heavy (non-hydrogen) atoms. The monoisotopic (exact) mass is 536 g/mol. The van der Waals surface area contributed by atoms with E-state index >= 15 is 0 Å². The van der Waals surface area contributed by atoms with E-state index in [1.165, 1.54) is 5.56 Å². The number of piperazine rings is 1. The lowest BCUT2D eigenvalue weighted by Gasteiger charge is -2.34. The number of pyridine rings is 2. The number of anilines is 1. The van der Waals surface area contributed by atoms with Crippen molar-refractivity contribution in [3.63, 3.8) is 0 Å². The lowest BCUT2D eigenvalue weighted by atomic mass is 9.86. The molecule has 0 amide bonds. The van der Waals surface area contributed by atoms with Gasteiger partial charge in [-0.1, -0.05) is 35.5 Å². The summed E-state index contributed by atoms with van der Waals surface area (Å²) in [5, 5.41) is 9.66. The lowest BCUT2D eigenvalue weighted by Crippen LogP contribution is -2.44. The average molecular weight is 537 g/mol. The molecule has 1 aromatic carbocycles. The van der Waals surface area contributed by atoms with Gasteiger partial charge in [0.15, 0.2) is 0 Å². The zero-order chi connectivity index (χ0) is 27.2. The summed E-state index contributed by atoms with van der Waals surface area (Å²) < 4.78 is 10.1. The number of likely N-dealkylation sites (N-methyl/N-ethyl adjacent to an activating group) is 1. The molecule has 7 rings (SSSR count). The van der Waals surface area contributed by atoms with E-state index in [0.29, 0.717) is 5.92 Å². The van der Waals surface area contributed by atoms with E-state index < -0.39 is 0 Å². The third kappa shape index (κ3) is 4.33. The SMILES string of the molecule is Cc1nnn(C)c1-c1cnc2c3ccc(N4CCN(C)CC4)nc3n([C@H](c3ccccc3)C3CCOCC3)c2c1. The first kappa shape index (κ1) is 25.2. The topological polar surface area (TPSA) is 77.1 Å². The molecule has 6 heterocycles. The molecule has 2 aliphatic heterocycles. The number of aryl methyl sites for hydroxylation is 2. The number of nitrogens with zero attached hydrogens (tertiary/aromatic N) is 8. The van der Waals surface area contributed by atoms with Gasteiger partial charge >= 0.3 is 0 Å². The van der Waals surface area contributed by atoms with Crippen LogP contribution in [0, 0.1) is 12.8 Å². The first-order valence-corrected chi connectivity index (χ1v) is 14.3. The van der Waals surface area contributed by atoms with E-state index in [2.05, 4.69) is 80.3 Å². The van der Waals surface area contributed by atoms with Crippen molar-refractivity contribution >= 4 is 27.9 Å². The normalized spacial score (nSPS) is 18.1. The standard InChI is InChI=1S/C31H36N8O/c1-21-29(37(3)35-34-21)24-19-26-28(32-20-24)25-9-10-27(38-15-13-36(2)14-16-38)33-31(25)39(26)30(22-7-5-4-6-8-22)23-11-17-40-18-12-23/h4-10,19-20,23,30H,11-18H2,1-3H3/t30-/m1/s1. The molecule has 1 atom stereocenters. The Bertz CT molecular complexity index is 1630. The third-order valence-corrected chi connectivity index (χ3v) is 8.70. The molecule has 2 fully saturated rings. The predicted molar refractivity (Wildman–Crippen MR) is 158 cm³/mol. The fraction of sp³-hybridized carbons (Fsp3) is 0.419. The van der Waals surface area contributed by atoms with Gasteiger partial charge in [-0.3, -0.25) is 4.98 Å². The van der Waals surface area contributed by atoms with Crippen molar-refractivity contribution in [3.8, 4) is 11.3 Å². The highest BCUT2D eigenvalue weighted by molar-refractivity contribution is 6.05. The summed E-state index contributed by atoms with van der Waals surface area (Å²) >= 11 is 0. The van der Waals surface area contributed by atoms with Gasteiger partial charge < -0.3 is 19.1 Å². The van der Waals surface area contributed by atoms with Gasteiger partial charge in [0.1, 0.15) is 11.5 Å². The van der Waals surface area contributed by atoms with Crippen molar-refractivity contribution in [3.05, 3.63) is 66.0 Å². The Labute approximate surface area is 234 Å². The van der Waals surface area contributed by atoms with Gasteiger partial charge in [-0.15, -0.1) is 5.10 Å². The maximum atomic E-state index is 5.82. The van der Waals surface area contributed by atoms with Crippen LogP contribution in [-0.2, 0) is 11.8 Å². The number of rotatable bonds is 5. The van der Waals surface area contributed by atoms with Gasteiger partial charge in [0.05, 0.1) is 28.5 Å². The fourth-order valence-corrected chi connectivity index (χ4v) is 6.56. The predicted octanol–water partition coefficient (Wildman–Crippen LogP) is 4.46. The van der Waals surface area contributed by atoms with Crippen molar-refractivity contribution in [2.45, 2.75) is 25.8 Å². The second-order valence-electron chi connectivity index (χ2n) is 11.2. The Balaban J connectivity index is 1.49. The van der Waals surface area contributed by atoms with E-state index in [1.807, 2.05) is 24.9 Å². The van der Waals surface area contributed by atoms with Crippen molar-refractivity contribution in [2.24, 2.45) is 13.0 Å². The van der Waals surface area contributed by atoms with Crippen LogP contribution in [0.2, 0.25) is 0 Å². The lowest BCUT2D eigenvalue weighted by molar-refractivity contribution is 0.0552. The molecular weight excluding hydrogens is 500 g/mol. The molecule has 2 aliphatic rings. The molecule has 0 unspecified atom stereocenters. The van der Waals surface area contributed by atoms with Crippen LogP contribution < -0.4 is 4.90 Å². The van der Waals surface area contributed by atoms with Crippen molar-refractivity contribution in [2.75, 3.05) is 51.3 Å². The van der Waals surface area contributed by atoms with Crippen molar-refractivity contribution in [1.29, 1.82) is 0 Å². The van der Waals surface area contributed by atoms with Crippen LogP contribution in [0.25, 0.3) is 33.3 Å². The summed E-state index contributed by atoms with van der Waals surface area (Å²) in [5.74, 6) is 1.46. The maximum absolute atomic E-state index is 5.82. The molecule has 5 aromatic rings. The summed E-state index contributed by atoms with van der Waals surface area (Å²) in [4.78, 5) is 15.3. The van der Waals surface area contributed by atoms with Crippen LogP contribution in [0.15, 0.2) is 54.7 Å². The van der Waals surface area contributed by atoms with Crippen LogP contribution in [0.1, 0.15) is 30.1 Å². The van der Waals surface area contributed by atoms with Crippen LogP contribution in [0.4, 0.5) is 5.82 Å². The molecule has 0 saturated carbocycles.